The number of nitro benzene ring substituents is 1. The molecule has 6 heteroatoms. The number of aromatic hydroxyl groups is 1. The van der Waals surface area contributed by atoms with E-state index in [0.717, 1.165) is 19.1 Å². The van der Waals surface area contributed by atoms with E-state index in [0.29, 0.717) is 18.2 Å². The minimum absolute atomic E-state index is 0.0933. The molecule has 0 saturated carbocycles. The van der Waals surface area contributed by atoms with Crippen molar-refractivity contribution in [1.29, 1.82) is 0 Å². The van der Waals surface area contributed by atoms with Crippen LogP contribution in [0.5, 0.6) is 5.75 Å². The van der Waals surface area contributed by atoms with Gasteiger partial charge < -0.3 is 15.2 Å². The van der Waals surface area contributed by atoms with E-state index in [4.69, 9.17) is 4.74 Å². The third kappa shape index (κ3) is 2.70. The molecule has 98 valence electrons. The first-order valence-corrected chi connectivity index (χ1v) is 5.89. The maximum Gasteiger partial charge on any atom is 0.296 e. The summed E-state index contributed by atoms with van der Waals surface area (Å²) in [6.45, 7) is 3.41. The summed E-state index contributed by atoms with van der Waals surface area (Å²) < 4.78 is 5.30. The first-order chi connectivity index (χ1) is 8.58. The number of nitro groups is 1. The number of benzene rings is 1. The highest BCUT2D eigenvalue weighted by molar-refractivity contribution is 5.64. The number of ether oxygens (including phenoxy) is 1. The van der Waals surface area contributed by atoms with Gasteiger partial charge in [-0.1, -0.05) is 0 Å². The number of nitrogens with one attached hydrogen (secondary N) is 1. The van der Waals surface area contributed by atoms with Crippen molar-refractivity contribution in [3.8, 4) is 5.75 Å². The molecular formula is C12H16N2O4. The molecule has 6 nitrogen and oxygen atoms in total. The molecule has 1 fully saturated rings. The Balaban J connectivity index is 2.15. The van der Waals surface area contributed by atoms with Crippen molar-refractivity contribution >= 4 is 11.4 Å². The summed E-state index contributed by atoms with van der Waals surface area (Å²) in [6, 6.07) is 4.21. The van der Waals surface area contributed by atoms with Crippen LogP contribution in [0.4, 0.5) is 11.4 Å². The summed E-state index contributed by atoms with van der Waals surface area (Å²) in [5.41, 5.74) is 0.318. The van der Waals surface area contributed by atoms with Crippen molar-refractivity contribution in [3.05, 3.63) is 28.3 Å². The van der Waals surface area contributed by atoms with Gasteiger partial charge in [-0.05, 0) is 25.5 Å². The maximum absolute atomic E-state index is 10.9. The van der Waals surface area contributed by atoms with Gasteiger partial charge in [0.25, 0.3) is 5.69 Å². The van der Waals surface area contributed by atoms with E-state index < -0.39 is 4.92 Å². The van der Waals surface area contributed by atoms with Crippen molar-refractivity contribution in [2.45, 2.75) is 19.4 Å². The van der Waals surface area contributed by atoms with Crippen LogP contribution in [-0.4, -0.2) is 29.3 Å². The van der Waals surface area contributed by atoms with Crippen LogP contribution in [0.2, 0.25) is 0 Å². The predicted molar refractivity (Wildman–Crippen MR) is 66.8 cm³/mol. The zero-order valence-corrected chi connectivity index (χ0v) is 10.1. The molecule has 1 aliphatic heterocycles. The smallest absolute Gasteiger partial charge is 0.296 e. The Bertz CT molecular complexity index is 444. The Hall–Kier alpha value is -1.82. The van der Waals surface area contributed by atoms with Gasteiger partial charge in [0.05, 0.1) is 17.6 Å². The van der Waals surface area contributed by atoms with Gasteiger partial charge >= 0.3 is 0 Å². The molecule has 18 heavy (non-hydrogen) atoms. The van der Waals surface area contributed by atoms with Gasteiger partial charge in [-0.25, -0.2) is 0 Å². The molecule has 0 aliphatic carbocycles. The number of nitrogens with zero attached hydrogens (tertiary/aromatic N) is 1. The van der Waals surface area contributed by atoms with Crippen LogP contribution in [0, 0.1) is 16.0 Å². The second-order valence-electron chi connectivity index (χ2n) is 4.52. The van der Waals surface area contributed by atoms with E-state index in [1.807, 2.05) is 6.92 Å². The Morgan fingerprint density at radius 2 is 2.39 bits per heavy atom. The van der Waals surface area contributed by atoms with Crippen LogP contribution >= 0.6 is 0 Å². The van der Waals surface area contributed by atoms with Crippen LogP contribution in [0.1, 0.15) is 13.3 Å². The van der Waals surface area contributed by atoms with Crippen LogP contribution in [0.3, 0.4) is 0 Å². The predicted octanol–water partition coefficient (Wildman–Crippen LogP) is 2.14. The number of rotatable bonds is 4. The molecule has 0 radical (unpaired) electrons. The largest absolute Gasteiger partial charge is 0.508 e. The summed E-state index contributed by atoms with van der Waals surface area (Å²) in [5, 5.41) is 23.3. The Morgan fingerprint density at radius 3 is 3.00 bits per heavy atom. The lowest BCUT2D eigenvalue weighted by Gasteiger charge is -2.20. The van der Waals surface area contributed by atoms with E-state index in [1.165, 1.54) is 12.1 Å². The van der Waals surface area contributed by atoms with E-state index in [9.17, 15) is 15.2 Å². The fourth-order valence-electron chi connectivity index (χ4n) is 2.10. The SMILES string of the molecule is CC(Nc1ccc(O)cc1[N+](=O)[O-])C1CCOC1. The fourth-order valence-corrected chi connectivity index (χ4v) is 2.10. The molecule has 2 atom stereocenters. The van der Waals surface area contributed by atoms with E-state index in [-0.39, 0.29) is 17.5 Å². The minimum Gasteiger partial charge on any atom is -0.508 e. The van der Waals surface area contributed by atoms with Gasteiger partial charge in [0.1, 0.15) is 11.4 Å². The van der Waals surface area contributed by atoms with Crippen LogP contribution < -0.4 is 5.32 Å². The lowest BCUT2D eigenvalue weighted by Crippen LogP contribution is -2.26. The number of phenolic OH excluding ortho intramolecular Hbond substituents is 1. The molecule has 0 amide bonds. The monoisotopic (exact) mass is 252 g/mol. The van der Waals surface area contributed by atoms with Crippen molar-refractivity contribution in [1.82, 2.24) is 0 Å². The topological polar surface area (TPSA) is 84.6 Å². The molecule has 1 aromatic rings. The average molecular weight is 252 g/mol. The van der Waals surface area contributed by atoms with Crippen molar-refractivity contribution < 1.29 is 14.8 Å². The zero-order chi connectivity index (χ0) is 13.1. The first kappa shape index (κ1) is 12.6. The third-order valence-corrected chi connectivity index (χ3v) is 3.23. The van der Waals surface area contributed by atoms with E-state index in [1.54, 1.807) is 0 Å². The molecule has 2 unspecified atom stereocenters. The Labute approximate surface area is 105 Å². The van der Waals surface area contributed by atoms with Gasteiger partial charge in [0, 0.05) is 18.6 Å². The van der Waals surface area contributed by atoms with Crippen molar-refractivity contribution in [2.75, 3.05) is 18.5 Å². The number of hydrogen-bond acceptors (Lipinski definition) is 5. The van der Waals surface area contributed by atoms with Gasteiger partial charge in [-0.3, -0.25) is 10.1 Å². The highest BCUT2D eigenvalue weighted by Crippen LogP contribution is 2.30. The van der Waals surface area contributed by atoms with E-state index >= 15 is 0 Å². The first-order valence-electron chi connectivity index (χ1n) is 5.89. The lowest BCUT2D eigenvalue weighted by atomic mass is 10.0. The minimum atomic E-state index is -0.500. The lowest BCUT2D eigenvalue weighted by molar-refractivity contribution is -0.384. The fraction of sp³-hybridized carbons (Fsp3) is 0.500. The van der Waals surface area contributed by atoms with Crippen LogP contribution in [-0.2, 0) is 4.74 Å². The molecular weight excluding hydrogens is 236 g/mol. The van der Waals surface area contributed by atoms with Crippen LogP contribution in [0.25, 0.3) is 0 Å². The van der Waals surface area contributed by atoms with Gasteiger partial charge in [-0.15, -0.1) is 0 Å². The van der Waals surface area contributed by atoms with Crippen molar-refractivity contribution in [3.63, 3.8) is 0 Å². The quantitative estimate of drug-likeness (QED) is 0.487. The van der Waals surface area contributed by atoms with Gasteiger partial charge in [-0.2, -0.15) is 0 Å². The molecule has 1 heterocycles. The molecule has 1 aromatic carbocycles. The molecule has 0 aromatic heterocycles. The second kappa shape index (κ2) is 5.22. The van der Waals surface area contributed by atoms with Gasteiger partial charge in [0.2, 0.25) is 0 Å². The van der Waals surface area contributed by atoms with Gasteiger partial charge in [0.15, 0.2) is 0 Å². The summed E-state index contributed by atoms with van der Waals surface area (Å²) in [6.07, 6.45) is 0.958. The molecule has 1 saturated heterocycles. The molecule has 1 aliphatic rings. The molecule has 0 bridgehead atoms. The highest BCUT2D eigenvalue weighted by Gasteiger charge is 2.24. The normalized spacial score (nSPS) is 20.6. The zero-order valence-electron chi connectivity index (χ0n) is 10.1. The number of anilines is 1. The molecule has 0 spiro atoms. The second-order valence-corrected chi connectivity index (χ2v) is 4.52. The summed E-state index contributed by atoms with van der Waals surface area (Å²) in [4.78, 5) is 10.4. The number of hydrogen-bond donors (Lipinski definition) is 2. The number of phenols is 1. The Morgan fingerprint density at radius 1 is 1.61 bits per heavy atom. The summed E-state index contributed by atoms with van der Waals surface area (Å²) in [7, 11) is 0. The highest BCUT2D eigenvalue weighted by atomic mass is 16.6. The Kier molecular flexibility index (Phi) is 3.66. The molecule has 2 rings (SSSR count). The van der Waals surface area contributed by atoms with Crippen LogP contribution in [0.15, 0.2) is 18.2 Å². The maximum atomic E-state index is 10.9. The van der Waals surface area contributed by atoms with Crippen molar-refractivity contribution in [2.24, 2.45) is 5.92 Å². The average Bonchev–Trinajstić information content (AvgIpc) is 2.84. The standard InChI is InChI=1S/C12H16N2O4/c1-8(9-4-5-18-7-9)13-11-3-2-10(15)6-12(11)14(16)17/h2-3,6,8-9,13,15H,4-5,7H2,1H3. The summed E-state index contributed by atoms with van der Waals surface area (Å²) >= 11 is 0. The summed E-state index contributed by atoms with van der Waals surface area (Å²) in [5.74, 6) is 0.252. The molecule has 2 N–H and O–H groups in total. The third-order valence-electron chi connectivity index (χ3n) is 3.23. The van der Waals surface area contributed by atoms with E-state index in [2.05, 4.69) is 5.32 Å².